The summed E-state index contributed by atoms with van der Waals surface area (Å²) in [6.07, 6.45) is 3.62. The molecule has 1 saturated carbocycles. The van der Waals surface area contributed by atoms with Gasteiger partial charge in [0.25, 0.3) is 0 Å². The summed E-state index contributed by atoms with van der Waals surface area (Å²) in [5, 5.41) is 41.2. The highest BCUT2D eigenvalue weighted by Crippen LogP contribution is 2.44. The maximum absolute atomic E-state index is 15.0. The molecular weight excluding hydrogens is 1010 g/mol. The zero-order valence-corrected chi connectivity index (χ0v) is 45.1. The average molecular weight is 1090 g/mol. The highest BCUT2D eigenvalue weighted by Gasteiger charge is 2.42. The zero-order chi connectivity index (χ0) is 56.4. The molecule has 0 bridgehead atoms. The molecule has 424 valence electrons. The van der Waals surface area contributed by atoms with Crippen molar-refractivity contribution in [1.29, 1.82) is 0 Å². The van der Waals surface area contributed by atoms with Crippen LogP contribution >= 0.6 is 11.3 Å². The van der Waals surface area contributed by atoms with Gasteiger partial charge in [-0.05, 0) is 105 Å². The highest BCUT2D eigenvalue weighted by molar-refractivity contribution is 7.09. The van der Waals surface area contributed by atoms with Crippen molar-refractivity contribution < 1.29 is 58.2 Å². The van der Waals surface area contributed by atoms with Crippen molar-refractivity contribution in [2.45, 2.75) is 184 Å². The number of rotatable bonds is 18. The van der Waals surface area contributed by atoms with Crippen molar-refractivity contribution in [1.82, 2.24) is 42.1 Å². The van der Waals surface area contributed by atoms with Gasteiger partial charge >= 0.3 is 0 Å². The summed E-state index contributed by atoms with van der Waals surface area (Å²) in [6, 6.07) is -1.11. The maximum Gasteiger partial charge on any atom is 0.245 e. The summed E-state index contributed by atoms with van der Waals surface area (Å²) in [4.78, 5) is 141. The van der Waals surface area contributed by atoms with Gasteiger partial charge in [-0.3, -0.25) is 47.9 Å². The molecule has 5 rings (SSSR count). The number of amides is 10. The van der Waals surface area contributed by atoms with Crippen LogP contribution in [0.2, 0.25) is 0 Å². The first-order valence-electron chi connectivity index (χ1n) is 26.8. The minimum absolute atomic E-state index is 0.000235. The number of aromatic hydroxyl groups is 1. The van der Waals surface area contributed by atoms with Crippen LogP contribution in [0, 0.1) is 11.3 Å². The van der Waals surface area contributed by atoms with Crippen LogP contribution < -0.4 is 54.4 Å². The second-order valence-electron chi connectivity index (χ2n) is 20.9. The molecule has 2 aliphatic heterocycles. The van der Waals surface area contributed by atoms with E-state index in [4.69, 9.17) is 17.2 Å². The van der Waals surface area contributed by atoms with Gasteiger partial charge in [-0.15, -0.1) is 11.3 Å². The molecule has 10 atom stereocenters. The molecule has 3 heterocycles. The van der Waals surface area contributed by atoms with Crippen LogP contribution in [0.4, 0.5) is 0 Å². The topological polar surface area (TPSA) is 377 Å². The molecule has 1 aromatic carbocycles. The molecule has 15 N–H and O–H groups in total. The largest absolute Gasteiger partial charge is 0.508 e. The van der Waals surface area contributed by atoms with E-state index >= 15 is 0 Å². The van der Waals surface area contributed by atoms with Gasteiger partial charge < -0.3 is 69.5 Å². The van der Waals surface area contributed by atoms with Crippen molar-refractivity contribution in [3.8, 4) is 5.75 Å². The van der Waals surface area contributed by atoms with Crippen LogP contribution in [0.15, 0.2) is 41.8 Å². The number of nitrogens with two attached hydrogens (primary N) is 3. The summed E-state index contributed by atoms with van der Waals surface area (Å²) in [5.41, 5.74) is 17.1. The Bertz CT molecular complexity index is 2380. The van der Waals surface area contributed by atoms with Gasteiger partial charge in [-0.1, -0.05) is 64.2 Å². The molecule has 24 heteroatoms. The predicted molar refractivity (Wildman–Crippen MR) is 284 cm³/mol. The Morgan fingerprint density at radius 2 is 1.45 bits per heavy atom. The first kappa shape index (κ1) is 61.2. The first-order chi connectivity index (χ1) is 36.6. The van der Waals surface area contributed by atoms with Crippen molar-refractivity contribution in [3.63, 3.8) is 0 Å². The number of phenols is 1. The summed E-state index contributed by atoms with van der Waals surface area (Å²) in [6.45, 7) is 4.96. The first-order valence-corrected chi connectivity index (χ1v) is 27.7. The summed E-state index contributed by atoms with van der Waals surface area (Å²) in [7, 11) is 0. The fourth-order valence-electron chi connectivity index (χ4n) is 10.5. The standard InChI is InChI=1S/C53H79N11O12S/c1-4-30(2)43-50(74)63-44(31(3)65)51(75)61-39(28-41(55)67)47(71)59-36(13-8-22-53(20-6-5-7-21-53)29-42(68)57-38(48(72)62-43)27-34-12-11-25-77-34)52(76)64-24-10-15-40(64)49(73)58-35(14-9-23-54)46(70)60-37(45(56)69)26-32-16-18-33(66)19-17-32/h11-12,16-19,25,30-31,35-40,43-44,65-66H,4-10,13-15,20-24,26-29,54H2,1-3H3,(H2,55,67)(H2,56,69)(H,57,68)(H,58,73)(H,59,71)(H,60,70)(H,61,75)(H,62,72)(H,63,74)/t30-,31+,35-,36-,37-,38+,39-,40-,43-,44?/m0/s1. The molecule has 77 heavy (non-hydrogen) atoms. The number of likely N-dealkylation sites (tertiary alicyclic amines) is 1. The van der Waals surface area contributed by atoms with Gasteiger partial charge in [0.2, 0.25) is 59.1 Å². The number of carbonyl (C=O) groups excluding carboxylic acids is 10. The van der Waals surface area contributed by atoms with Gasteiger partial charge in [0.05, 0.1) is 12.5 Å². The Hall–Kier alpha value is -6.66. The summed E-state index contributed by atoms with van der Waals surface area (Å²) < 4.78 is 0. The molecule has 1 unspecified atom stereocenters. The number of aliphatic hydroxyl groups is 1. The fraction of sp³-hybridized carbons (Fsp3) is 0.623. The second-order valence-corrected chi connectivity index (χ2v) is 22.0. The molecular formula is C53H79N11O12S. The molecule has 1 aliphatic carbocycles. The van der Waals surface area contributed by atoms with E-state index in [-0.39, 0.29) is 63.8 Å². The highest BCUT2D eigenvalue weighted by atomic mass is 32.1. The van der Waals surface area contributed by atoms with Crippen LogP contribution in [0.1, 0.15) is 128 Å². The minimum Gasteiger partial charge on any atom is -0.508 e. The third kappa shape index (κ3) is 18.0. The maximum atomic E-state index is 15.0. The van der Waals surface area contributed by atoms with Crippen molar-refractivity contribution in [2.24, 2.45) is 28.5 Å². The van der Waals surface area contributed by atoms with E-state index in [1.54, 1.807) is 26.0 Å². The molecule has 23 nitrogen and oxygen atoms in total. The second kappa shape index (κ2) is 29.2. The zero-order valence-electron chi connectivity index (χ0n) is 44.3. The SMILES string of the molecule is CC[C@H](C)[C@@H]1NC(=O)[C@@H](Cc2cccs2)NC(=O)CC2(CCCCC2)CCC[C@@H](C(=O)N2CCC[C@H]2C(=O)N[C@@H](CCCN)C(=O)N[C@@H](Cc2ccc(O)cc2)C(N)=O)NC(=O)[C@H](CC(N)=O)NC(=O)C([C@@H](C)O)NC1=O. The number of hydrogen-bond donors (Lipinski definition) is 12. The average Bonchev–Trinajstić information content (AvgIpc) is 4.10. The van der Waals surface area contributed by atoms with Crippen LogP contribution in [-0.4, -0.2) is 142 Å². The van der Waals surface area contributed by atoms with E-state index in [1.807, 2.05) is 17.5 Å². The van der Waals surface area contributed by atoms with Gasteiger partial charge in [-0.25, -0.2) is 0 Å². The Kier molecular flexibility index (Phi) is 23.2. The van der Waals surface area contributed by atoms with Crippen LogP contribution in [-0.2, 0) is 60.8 Å². The fourth-order valence-corrected chi connectivity index (χ4v) is 11.2. The lowest BCUT2D eigenvalue weighted by atomic mass is 9.68. The van der Waals surface area contributed by atoms with Gasteiger partial charge in [0.15, 0.2) is 0 Å². The Morgan fingerprint density at radius 3 is 2.08 bits per heavy atom. The Morgan fingerprint density at radius 1 is 0.792 bits per heavy atom. The molecule has 10 amide bonds. The number of carbonyl (C=O) groups is 10. The van der Waals surface area contributed by atoms with Crippen molar-refractivity contribution in [2.75, 3.05) is 13.1 Å². The molecule has 2 saturated heterocycles. The Labute approximate surface area is 453 Å². The number of primary amides is 2. The third-order valence-corrected chi connectivity index (χ3v) is 15.9. The number of nitrogens with zero attached hydrogens (tertiary/aromatic N) is 1. The lowest BCUT2D eigenvalue weighted by molar-refractivity contribution is -0.143. The number of benzene rings is 1. The molecule has 3 fully saturated rings. The van der Waals surface area contributed by atoms with E-state index in [0.29, 0.717) is 44.1 Å². The molecule has 1 spiro atoms. The third-order valence-electron chi connectivity index (χ3n) is 15.0. The minimum atomic E-state index is -1.73. The summed E-state index contributed by atoms with van der Waals surface area (Å²) in [5.74, 6) is -8.45. The smallest absolute Gasteiger partial charge is 0.245 e. The molecule has 0 radical (unpaired) electrons. The summed E-state index contributed by atoms with van der Waals surface area (Å²) >= 11 is 1.40. The van der Waals surface area contributed by atoms with E-state index in [0.717, 1.165) is 24.1 Å². The Balaban J connectivity index is 1.47. The number of aliphatic hydroxyl groups excluding tert-OH is 1. The monoisotopic (exact) mass is 1090 g/mol. The lowest BCUT2D eigenvalue weighted by Gasteiger charge is -2.38. The molecule has 3 aliphatic rings. The van der Waals surface area contributed by atoms with E-state index < -0.39 is 131 Å². The predicted octanol–water partition coefficient (Wildman–Crippen LogP) is -0.325. The van der Waals surface area contributed by atoms with Crippen LogP contribution in [0.5, 0.6) is 5.75 Å². The van der Waals surface area contributed by atoms with E-state index in [9.17, 15) is 58.2 Å². The van der Waals surface area contributed by atoms with Crippen molar-refractivity contribution >= 4 is 70.4 Å². The quantitative estimate of drug-likeness (QED) is 0.0912. The van der Waals surface area contributed by atoms with Gasteiger partial charge in [0, 0.05) is 30.7 Å². The van der Waals surface area contributed by atoms with Crippen LogP contribution in [0.3, 0.4) is 0 Å². The number of phenolic OH excluding ortho intramolecular Hbond substituents is 1. The number of thiophene rings is 1. The van der Waals surface area contributed by atoms with Gasteiger partial charge in [0.1, 0.15) is 54.1 Å². The lowest BCUT2D eigenvalue weighted by Crippen LogP contribution is -2.63. The normalized spacial score (nSPS) is 24.6. The number of nitrogens with one attached hydrogen (secondary N) is 7. The molecule has 2 aromatic rings. The van der Waals surface area contributed by atoms with E-state index in [1.165, 1.54) is 35.3 Å². The molecule has 1 aromatic heterocycles. The number of hydrogen-bond acceptors (Lipinski definition) is 14. The van der Waals surface area contributed by atoms with Gasteiger partial charge in [-0.2, -0.15) is 0 Å². The van der Waals surface area contributed by atoms with Crippen molar-refractivity contribution in [3.05, 3.63) is 52.2 Å². The van der Waals surface area contributed by atoms with E-state index in [2.05, 4.69) is 37.2 Å². The van der Waals surface area contributed by atoms with Crippen LogP contribution in [0.25, 0.3) is 0 Å².